The maximum absolute atomic E-state index is 13.4. The van der Waals surface area contributed by atoms with Crippen molar-refractivity contribution < 1.29 is 28.6 Å². The molecule has 1 aromatic heterocycles. The first kappa shape index (κ1) is 30.5. The number of nitrogens with two attached hydrogens (primary N) is 1. The average Bonchev–Trinajstić information content (AvgIpc) is 3.05. The smallest absolute Gasteiger partial charge is 0.286 e. The molecular weight excluding hydrogens is 562 g/mol. The van der Waals surface area contributed by atoms with Crippen molar-refractivity contribution in [3.63, 3.8) is 0 Å². The Hall–Kier alpha value is -4.93. The number of carbonyl (C=O) groups excluding carboxylic acids is 2. The highest BCUT2D eigenvalue weighted by Gasteiger charge is 2.30. The van der Waals surface area contributed by atoms with Crippen molar-refractivity contribution >= 4 is 34.2 Å². The van der Waals surface area contributed by atoms with Gasteiger partial charge in [-0.1, -0.05) is 48.5 Å². The highest BCUT2D eigenvalue weighted by molar-refractivity contribution is 5.94. The molecule has 10 nitrogen and oxygen atoms in total. The summed E-state index contributed by atoms with van der Waals surface area (Å²) in [7, 11) is 0. The summed E-state index contributed by atoms with van der Waals surface area (Å²) in [5.41, 5.74) is 9.31. The summed E-state index contributed by atoms with van der Waals surface area (Å²) in [4.78, 5) is 38.8. The molecule has 0 radical (unpaired) electrons. The Labute approximate surface area is 254 Å². The van der Waals surface area contributed by atoms with E-state index in [-0.39, 0.29) is 36.7 Å². The number of ether oxygens (including phenoxy) is 2. The predicted octanol–water partition coefficient (Wildman–Crippen LogP) is 4.72. The van der Waals surface area contributed by atoms with Crippen LogP contribution in [-0.4, -0.2) is 29.8 Å². The van der Waals surface area contributed by atoms with Gasteiger partial charge in [-0.15, -0.1) is 0 Å². The molecular formula is C34H35N3O7. The summed E-state index contributed by atoms with van der Waals surface area (Å²) in [5, 5.41) is 15.4. The Morgan fingerprint density at radius 2 is 1.73 bits per heavy atom. The van der Waals surface area contributed by atoms with E-state index in [1.54, 1.807) is 54.6 Å². The maximum atomic E-state index is 13.4. The quantitative estimate of drug-likeness (QED) is 0.135. The molecule has 2 heterocycles. The van der Waals surface area contributed by atoms with Gasteiger partial charge in [0.15, 0.2) is 11.2 Å². The SMILES string of the molecule is Nc1ccccc1NC(=O)CCCCNC(=O)C1=CC(c2coc3ccccc3c2=O)CC(OCc2ccc(CO)cc2)O1. The summed E-state index contributed by atoms with van der Waals surface area (Å²) in [6.07, 6.45) is 3.96. The summed E-state index contributed by atoms with van der Waals surface area (Å²) in [6, 6.07) is 21.4. The maximum Gasteiger partial charge on any atom is 0.286 e. The van der Waals surface area contributed by atoms with E-state index in [0.29, 0.717) is 53.7 Å². The molecule has 2 amide bonds. The molecule has 0 aliphatic carbocycles. The Morgan fingerprint density at radius 1 is 0.977 bits per heavy atom. The number of aliphatic hydroxyl groups excluding tert-OH is 1. The number of unbranched alkanes of at least 4 members (excludes halogenated alkanes) is 1. The van der Waals surface area contributed by atoms with E-state index in [2.05, 4.69) is 10.6 Å². The van der Waals surface area contributed by atoms with E-state index < -0.39 is 18.1 Å². The molecule has 228 valence electrons. The van der Waals surface area contributed by atoms with Gasteiger partial charge in [0.2, 0.25) is 12.2 Å². The molecule has 0 saturated heterocycles. The largest absolute Gasteiger partial charge is 0.464 e. The molecule has 2 atom stereocenters. The fourth-order valence-electron chi connectivity index (χ4n) is 4.94. The van der Waals surface area contributed by atoms with Crippen LogP contribution < -0.4 is 21.8 Å². The normalized spacial score (nSPS) is 16.2. The standard InChI is InChI=1S/C34H35N3O7/c35-27-8-2-3-9-28(27)37-31(39)11-5-6-16-36-34(41)30-17-24(26-21-42-29-10-4-1-7-25(29)33(26)40)18-32(44-30)43-20-23-14-12-22(19-38)13-15-23/h1-4,7-10,12-15,17,21,24,32,38H,5-6,11,16,18-20,35H2,(H,36,41)(H,37,39). The molecule has 1 aliphatic rings. The summed E-state index contributed by atoms with van der Waals surface area (Å²) in [6.45, 7) is 0.481. The van der Waals surface area contributed by atoms with Gasteiger partial charge in [0.05, 0.1) is 36.2 Å². The second-order valence-corrected chi connectivity index (χ2v) is 10.6. The number of nitrogens with one attached hydrogen (secondary N) is 2. The van der Waals surface area contributed by atoms with Crippen molar-refractivity contribution in [1.82, 2.24) is 5.32 Å². The molecule has 10 heteroatoms. The van der Waals surface area contributed by atoms with Gasteiger partial charge >= 0.3 is 0 Å². The Bertz CT molecular complexity index is 1700. The van der Waals surface area contributed by atoms with Gasteiger partial charge in [-0.05, 0) is 54.3 Å². The monoisotopic (exact) mass is 597 g/mol. The topological polar surface area (TPSA) is 153 Å². The van der Waals surface area contributed by atoms with Crippen molar-refractivity contribution in [3.05, 3.63) is 118 Å². The number of benzene rings is 3. The van der Waals surface area contributed by atoms with E-state index in [4.69, 9.17) is 19.6 Å². The number of carbonyl (C=O) groups is 2. The highest BCUT2D eigenvalue weighted by atomic mass is 16.7. The van der Waals surface area contributed by atoms with Crippen LogP contribution in [0.4, 0.5) is 11.4 Å². The minimum absolute atomic E-state index is 0.0479. The van der Waals surface area contributed by atoms with Crippen molar-refractivity contribution in [2.24, 2.45) is 0 Å². The molecule has 44 heavy (non-hydrogen) atoms. The molecule has 2 unspecified atom stereocenters. The van der Waals surface area contributed by atoms with Crippen LogP contribution in [0.25, 0.3) is 11.0 Å². The lowest BCUT2D eigenvalue weighted by atomic mass is 9.93. The Balaban J connectivity index is 1.22. The number of para-hydroxylation sites is 3. The van der Waals surface area contributed by atoms with Crippen molar-refractivity contribution in [2.45, 2.75) is 51.1 Å². The van der Waals surface area contributed by atoms with Gasteiger partial charge in [0.1, 0.15) is 5.58 Å². The second-order valence-electron chi connectivity index (χ2n) is 10.6. The zero-order valence-electron chi connectivity index (χ0n) is 24.2. The number of anilines is 2. The first-order valence-electron chi connectivity index (χ1n) is 14.5. The lowest BCUT2D eigenvalue weighted by Crippen LogP contribution is -2.34. The van der Waals surface area contributed by atoms with Gasteiger partial charge in [-0.2, -0.15) is 0 Å². The van der Waals surface area contributed by atoms with Gasteiger partial charge in [0, 0.05) is 30.9 Å². The van der Waals surface area contributed by atoms with Crippen molar-refractivity contribution in [1.29, 1.82) is 0 Å². The lowest BCUT2D eigenvalue weighted by Gasteiger charge is -2.29. The summed E-state index contributed by atoms with van der Waals surface area (Å²) < 4.78 is 17.7. The molecule has 1 aliphatic heterocycles. The summed E-state index contributed by atoms with van der Waals surface area (Å²) >= 11 is 0. The van der Waals surface area contributed by atoms with Gasteiger partial charge in [-0.25, -0.2) is 0 Å². The molecule has 0 saturated carbocycles. The van der Waals surface area contributed by atoms with Gasteiger partial charge < -0.3 is 35.4 Å². The highest BCUT2D eigenvalue weighted by Crippen LogP contribution is 2.31. The molecule has 5 rings (SSSR count). The molecule has 0 bridgehead atoms. The minimum atomic E-state index is -0.803. The Kier molecular flexibility index (Phi) is 10.1. The van der Waals surface area contributed by atoms with Crippen LogP contribution in [0.2, 0.25) is 0 Å². The average molecular weight is 598 g/mol. The van der Waals surface area contributed by atoms with Gasteiger partial charge in [0.25, 0.3) is 5.91 Å². The van der Waals surface area contributed by atoms with Crippen molar-refractivity contribution in [3.8, 4) is 0 Å². The minimum Gasteiger partial charge on any atom is -0.464 e. The van der Waals surface area contributed by atoms with Gasteiger partial charge in [-0.3, -0.25) is 14.4 Å². The van der Waals surface area contributed by atoms with Crippen LogP contribution >= 0.6 is 0 Å². The van der Waals surface area contributed by atoms with Crippen LogP contribution in [0.3, 0.4) is 0 Å². The first-order chi connectivity index (χ1) is 21.4. The van der Waals surface area contributed by atoms with E-state index in [1.807, 2.05) is 24.3 Å². The fourth-order valence-corrected chi connectivity index (χ4v) is 4.94. The zero-order valence-corrected chi connectivity index (χ0v) is 24.2. The summed E-state index contributed by atoms with van der Waals surface area (Å²) in [5.74, 6) is -1.04. The zero-order chi connectivity index (χ0) is 30.9. The third kappa shape index (κ3) is 7.71. The number of allylic oxidation sites excluding steroid dienone is 1. The van der Waals surface area contributed by atoms with Crippen LogP contribution in [0.5, 0.6) is 0 Å². The number of rotatable bonds is 12. The molecule has 0 spiro atoms. The predicted molar refractivity (Wildman–Crippen MR) is 166 cm³/mol. The third-order valence-electron chi connectivity index (χ3n) is 7.38. The van der Waals surface area contributed by atoms with Crippen LogP contribution in [0, 0.1) is 0 Å². The fraction of sp³-hybridized carbons (Fsp3) is 0.265. The van der Waals surface area contributed by atoms with Crippen LogP contribution in [0.15, 0.2) is 100 Å². The number of fused-ring (bicyclic) bond motifs is 1. The number of aliphatic hydroxyl groups is 1. The van der Waals surface area contributed by atoms with E-state index in [9.17, 15) is 19.5 Å². The number of nitrogen functional groups attached to an aromatic ring is 1. The van der Waals surface area contributed by atoms with E-state index in [1.165, 1.54) is 6.26 Å². The number of hydrogen-bond donors (Lipinski definition) is 4. The molecule has 4 aromatic rings. The van der Waals surface area contributed by atoms with Crippen LogP contribution in [-0.2, 0) is 32.3 Å². The third-order valence-corrected chi connectivity index (χ3v) is 7.38. The molecule has 0 fully saturated rings. The molecule has 5 N–H and O–H groups in total. The van der Waals surface area contributed by atoms with Crippen LogP contribution in [0.1, 0.15) is 48.3 Å². The first-order valence-corrected chi connectivity index (χ1v) is 14.5. The van der Waals surface area contributed by atoms with E-state index >= 15 is 0 Å². The lowest BCUT2D eigenvalue weighted by molar-refractivity contribution is -0.150. The van der Waals surface area contributed by atoms with E-state index in [0.717, 1.165) is 11.1 Å². The Morgan fingerprint density at radius 3 is 2.52 bits per heavy atom. The number of amides is 2. The second kappa shape index (κ2) is 14.5. The number of hydrogen-bond acceptors (Lipinski definition) is 8. The van der Waals surface area contributed by atoms with Crippen molar-refractivity contribution in [2.75, 3.05) is 17.6 Å². The molecule has 3 aromatic carbocycles.